The van der Waals surface area contributed by atoms with Crippen molar-refractivity contribution in [3.8, 4) is 11.5 Å². The van der Waals surface area contributed by atoms with E-state index in [1.54, 1.807) is 36.3 Å². The van der Waals surface area contributed by atoms with Crippen LogP contribution in [-0.4, -0.2) is 50.0 Å². The minimum atomic E-state index is -3.12. The molecule has 0 aliphatic carbocycles. The van der Waals surface area contributed by atoms with E-state index in [1.807, 2.05) is 38.1 Å². The Balaban J connectivity index is 1.86. The van der Waals surface area contributed by atoms with Crippen LogP contribution in [0.1, 0.15) is 36.2 Å². The van der Waals surface area contributed by atoms with Crippen molar-refractivity contribution >= 4 is 15.7 Å². The van der Waals surface area contributed by atoms with E-state index in [1.165, 1.54) is 0 Å². The second-order valence-electron chi connectivity index (χ2n) is 7.53. The first-order valence-electron chi connectivity index (χ1n) is 9.68. The van der Waals surface area contributed by atoms with E-state index in [0.29, 0.717) is 30.0 Å². The van der Waals surface area contributed by atoms with E-state index in [4.69, 9.17) is 9.47 Å². The summed E-state index contributed by atoms with van der Waals surface area (Å²) in [7, 11) is -1.53. The Kier molecular flexibility index (Phi) is 6.47. The van der Waals surface area contributed by atoms with E-state index in [2.05, 4.69) is 0 Å². The van der Waals surface area contributed by atoms with Gasteiger partial charge in [-0.05, 0) is 62.2 Å². The van der Waals surface area contributed by atoms with Crippen LogP contribution in [0.3, 0.4) is 0 Å². The van der Waals surface area contributed by atoms with Gasteiger partial charge in [0.1, 0.15) is 11.5 Å². The highest BCUT2D eigenvalue weighted by molar-refractivity contribution is 7.91. The average Bonchev–Trinajstić information content (AvgIpc) is 3.05. The lowest BCUT2D eigenvalue weighted by atomic mass is 10.1. The summed E-state index contributed by atoms with van der Waals surface area (Å²) in [5.74, 6) is 1.31. The molecule has 0 spiro atoms. The summed E-state index contributed by atoms with van der Waals surface area (Å²) in [6, 6.07) is 14.1. The second-order valence-corrected chi connectivity index (χ2v) is 9.76. The molecule has 0 bridgehead atoms. The number of rotatable bonds is 7. The fourth-order valence-electron chi connectivity index (χ4n) is 3.47. The van der Waals surface area contributed by atoms with Gasteiger partial charge in [0.2, 0.25) is 0 Å². The van der Waals surface area contributed by atoms with E-state index in [9.17, 15) is 13.2 Å². The van der Waals surface area contributed by atoms with Crippen LogP contribution in [-0.2, 0) is 16.4 Å². The van der Waals surface area contributed by atoms with E-state index >= 15 is 0 Å². The Hall–Kier alpha value is -2.54. The molecular formula is C22H27NO5S. The zero-order valence-electron chi connectivity index (χ0n) is 17.0. The molecule has 1 saturated heterocycles. The highest BCUT2D eigenvalue weighted by atomic mass is 32.2. The van der Waals surface area contributed by atoms with Crippen LogP contribution in [0.15, 0.2) is 48.5 Å². The molecule has 3 rings (SSSR count). The highest BCUT2D eigenvalue weighted by Crippen LogP contribution is 2.24. The number of carbonyl (C=O) groups excluding carboxylic acids is 1. The molecule has 29 heavy (non-hydrogen) atoms. The van der Waals surface area contributed by atoms with Crippen molar-refractivity contribution < 1.29 is 22.7 Å². The zero-order valence-corrected chi connectivity index (χ0v) is 17.8. The maximum atomic E-state index is 13.3. The van der Waals surface area contributed by atoms with Crippen LogP contribution in [0.5, 0.6) is 11.5 Å². The van der Waals surface area contributed by atoms with Gasteiger partial charge in [0.15, 0.2) is 9.84 Å². The number of hydrogen-bond acceptors (Lipinski definition) is 5. The minimum Gasteiger partial charge on any atom is -0.497 e. The smallest absolute Gasteiger partial charge is 0.254 e. The first-order chi connectivity index (χ1) is 13.8. The Morgan fingerprint density at radius 1 is 1.14 bits per heavy atom. The quantitative estimate of drug-likeness (QED) is 0.691. The van der Waals surface area contributed by atoms with Gasteiger partial charge in [0, 0.05) is 18.2 Å². The number of amides is 1. The van der Waals surface area contributed by atoms with Crippen LogP contribution >= 0.6 is 0 Å². The third-order valence-electron chi connectivity index (χ3n) is 4.87. The van der Waals surface area contributed by atoms with Gasteiger partial charge >= 0.3 is 0 Å². The maximum Gasteiger partial charge on any atom is 0.254 e. The average molecular weight is 418 g/mol. The summed E-state index contributed by atoms with van der Waals surface area (Å²) in [5, 5.41) is 0. The van der Waals surface area contributed by atoms with Crippen LogP contribution in [0.2, 0.25) is 0 Å². The lowest BCUT2D eigenvalue weighted by Crippen LogP contribution is -2.40. The maximum absolute atomic E-state index is 13.3. The largest absolute Gasteiger partial charge is 0.497 e. The number of sulfone groups is 1. The second kappa shape index (κ2) is 8.86. The summed E-state index contributed by atoms with van der Waals surface area (Å²) in [5.41, 5.74) is 1.40. The lowest BCUT2D eigenvalue weighted by Gasteiger charge is -2.29. The van der Waals surface area contributed by atoms with Crippen molar-refractivity contribution in [2.75, 3.05) is 18.6 Å². The van der Waals surface area contributed by atoms with Crippen LogP contribution in [0.25, 0.3) is 0 Å². The first-order valence-corrected chi connectivity index (χ1v) is 11.5. The molecule has 0 saturated carbocycles. The predicted molar refractivity (Wildman–Crippen MR) is 112 cm³/mol. The van der Waals surface area contributed by atoms with Crippen LogP contribution in [0.4, 0.5) is 0 Å². The Morgan fingerprint density at radius 3 is 2.45 bits per heavy atom. The highest BCUT2D eigenvalue weighted by Gasteiger charge is 2.35. The summed E-state index contributed by atoms with van der Waals surface area (Å²) in [4.78, 5) is 15.0. The van der Waals surface area contributed by atoms with Gasteiger partial charge in [0.25, 0.3) is 5.91 Å². The summed E-state index contributed by atoms with van der Waals surface area (Å²) in [6.07, 6.45) is 0.497. The third kappa shape index (κ3) is 5.50. The fourth-order valence-corrected chi connectivity index (χ4v) is 5.20. The van der Waals surface area contributed by atoms with Gasteiger partial charge in [-0.1, -0.05) is 12.1 Å². The number of benzene rings is 2. The van der Waals surface area contributed by atoms with Gasteiger partial charge in [-0.25, -0.2) is 8.42 Å². The summed E-state index contributed by atoms with van der Waals surface area (Å²) in [6.45, 7) is 4.20. The van der Waals surface area contributed by atoms with Crippen molar-refractivity contribution in [3.63, 3.8) is 0 Å². The number of nitrogens with zero attached hydrogens (tertiary/aromatic N) is 1. The molecule has 0 radical (unpaired) electrons. The molecule has 1 aliphatic heterocycles. The molecule has 0 aromatic heterocycles. The topological polar surface area (TPSA) is 72.9 Å². The van der Waals surface area contributed by atoms with Gasteiger partial charge < -0.3 is 14.4 Å². The molecule has 2 aromatic rings. The SMILES string of the molecule is COc1cccc(CN(C(=O)c2ccc(OC(C)C)cc2)[C@@H]2CCS(=O)(=O)C2)c1. The first kappa shape index (κ1) is 21.2. The van der Waals surface area contributed by atoms with Crippen molar-refractivity contribution in [1.82, 2.24) is 4.90 Å². The number of carbonyl (C=O) groups is 1. The van der Waals surface area contributed by atoms with Gasteiger partial charge in [-0.15, -0.1) is 0 Å². The summed E-state index contributed by atoms with van der Waals surface area (Å²) < 4.78 is 35.0. The molecule has 1 atom stereocenters. The molecule has 0 unspecified atom stereocenters. The van der Waals surface area contributed by atoms with E-state index in [0.717, 1.165) is 5.56 Å². The van der Waals surface area contributed by atoms with Gasteiger partial charge in [-0.3, -0.25) is 4.79 Å². The monoisotopic (exact) mass is 417 g/mol. The van der Waals surface area contributed by atoms with Crippen molar-refractivity contribution in [3.05, 3.63) is 59.7 Å². The van der Waals surface area contributed by atoms with E-state index < -0.39 is 9.84 Å². The molecule has 1 aliphatic rings. The van der Waals surface area contributed by atoms with Crippen LogP contribution in [0, 0.1) is 0 Å². The van der Waals surface area contributed by atoms with Gasteiger partial charge in [0.05, 0.1) is 24.7 Å². The van der Waals surface area contributed by atoms with E-state index in [-0.39, 0.29) is 29.6 Å². The number of ether oxygens (including phenoxy) is 2. The lowest BCUT2D eigenvalue weighted by molar-refractivity contribution is 0.0680. The molecule has 156 valence electrons. The molecular weight excluding hydrogens is 390 g/mol. The number of hydrogen-bond donors (Lipinski definition) is 0. The standard InChI is InChI=1S/C22H27NO5S/c1-16(2)28-20-9-7-18(8-10-20)22(24)23(19-11-12-29(25,26)15-19)14-17-5-4-6-21(13-17)27-3/h4-10,13,16,19H,11-12,14-15H2,1-3H3/t19-/m1/s1. The molecule has 6 nitrogen and oxygen atoms in total. The fraction of sp³-hybridized carbons (Fsp3) is 0.409. The Morgan fingerprint density at radius 2 is 1.86 bits per heavy atom. The number of methoxy groups -OCH3 is 1. The zero-order chi connectivity index (χ0) is 21.0. The van der Waals surface area contributed by atoms with Crippen molar-refractivity contribution in [1.29, 1.82) is 0 Å². The Labute approximate surface area is 172 Å². The predicted octanol–water partition coefficient (Wildman–Crippen LogP) is 3.31. The molecule has 7 heteroatoms. The van der Waals surface area contributed by atoms with Crippen molar-refractivity contribution in [2.24, 2.45) is 0 Å². The normalized spacial score (nSPS) is 17.9. The molecule has 1 amide bonds. The molecule has 0 N–H and O–H groups in total. The van der Waals surface area contributed by atoms with Crippen molar-refractivity contribution in [2.45, 2.75) is 39.0 Å². The molecule has 1 fully saturated rings. The third-order valence-corrected chi connectivity index (χ3v) is 6.62. The minimum absolute atomic E-state index is 0.00273. The van der Waals surface area contributed by atoms with Gasteiger partial charge in [-0.2, -0.15) is 0 Å². The van der Waals surface area contributed by atoms with Crippen LogP contribution < -0.4 is 9.47 Å². The molecule has 1 heterocycles. The summed E-state index contributed by atoms with van der Waals surface area (Å²) >= 11 is 0. The molecule has 2 aromatic carbocycles. The Bertz CT molecular complexity index is 953.